The summed E-state index contributed by atoms with van der Waals surface area (Å²) in [4.78, 5) is 25.5. The molecule has 5 heteroatoms. The van der Waals surface area contributed by atoms with Gasteiger partial charge >= 0.3 is 0 Å². The Balaban J connectivity index is 2.78. The smallest absolute Gasteiger partial charge is 0.214 e. The highest BCUT2D eigenvalue weighted by molar-refractivity contribution is 6.19. The SMILES string of the molecule is [B]CC(=O)N(CC(=O)C(C)C)C1CCCC1NC. The summed E-state index contributed by atoms with van der Waals surface area (Å²) < 4.78 is 0. The average Bonchev–Trinajstić information content (AvgIpc) is 2.82. The highest BCUT2D eigenvalue weighted by atomic mass is 16.2. The van der Waals surface area contributed by atoms with Crippen LogP contribution >= 0.6 is 0 Å². The maximum atomic E-state index is 11.9. The number of nitrogens with one attached hydrogen (secondary N) is 1. The molecule has 1 saturated carbocycles. The van der Waals surface area contributed by atoms with Crippen molar-refractivity contribution in [3.63, 3.8) is 0 Å². The van der Waals surface area contributed by atoms with Gasteiger partial charge in [-0.3, -0.25) is 9.59 Å². The third-order valence-corrected chi connectivity index (χ3v) is 3.72. The summed E-state index contributed by atoms with van der Waals surface area (Å²) in [5.41, 5.74) is 0. The fraction of sp³-hybridized carbons (Fsp3) is 0.846. The van der Waals surface area contributed by atoms with Gasteiger partial charge < -0.3 is 10.2 Å². The van der Waals surface area contributed by atoms with Gasteiger partial charge in [-0.15, -0.1) is 0 Å². The Hall–Kier alpha value is -0.835. The van der Waals surface area contributed by atoms with Crippen molar-refractivity contribution in [3.05, 3.63) is 0 Å². The van der Waals surface area contributed by atoms with E-state index in [4.69, 9.17) is 7.85 Å². The number of likely N-dealkylation sites (N-methyl/N-ethyl adjacent to an activating group) is 1. The Labute approximate surface area is 111 Å². The Morgan fingerprint density at radius 1 is 1.39 bits per heavy atom. The second-order valence-corrected chi connectivity index (χ2v) is 5.24. The molecule has 100 valence electrons. The molecule has 2 atom stereocenters. The molecule has 1 N–H and O–H groups in total. The van der Waals surface area contributed by atoms with Crippen molar-refractivity contribution in [2.24, 2.45) is 5.92 Å². The first-order chi connectivity index (χ1) is 8.51. The minimum absolute atomic E-state index is 0.0295. The van der Waals surface area contributed by atoms with Crippen LogP contribution in [0.4, 0.5) is 0 Å². The fourth-order valence-corrected chi connectivity index (χ4v) is 2.51. The Morgan fingerprint density at radius 2 is 2.06 bits per heavy atom. The minimum atomic E-state index is -0.129. The molecule has 1 fully saturated rings. The number of ketones is 1. The number of carbonyl (C=O) groups excluding carboxylic acids is 2. The predicted molar refractivity (Wildman–Crippen MR) is 72.6 cm³/mol. The Morgan fingerprint density at radius 3 is 2.56 bits per heavy atom. The molecular formula is C13H23BN2O2. The van der Waals surface area contributed by atoms with E-state index in [0.29, 0.717) is 0 Å². The van der Waals surface area contributed by atoms with Crippen LogP contribution in [0.1, 0.15) is 33.1 Å². The van der Waals surface area contributed by atoms with Crippen LogP contribution in [0, 0.1) is 5.92 Å². The molecule has 0 aromatic carbocycles. The van der Waals surface area contributed by atoms with Crippen molar-refractivity contribution >= 4 is 19.5 Å². The molecule has 1 rings (SSSR count). The molecule has 4 nitrogen and oxygen atoms in total. The van der Waals surface area contributed by atoms with Crippen LogP contribution in [-0.2, 0) is 9.59 Å². The number of hydrogen-bond acceptors (Lipinski definition) is 3. The van der Waals surface area contributed by atoms with E-state index < -0.39 is 0 Å². The van der Waals surface area contributed by atoms with Gasteiger partial charge in [0.15, 0.2) is 5.78 Å². The normalized spacial score (nSPS) is 23.3. The summed E-state index contributed by atoms with van der Waals surface area (Å²) >= 11 is 0. The highest BCUT2D eigenvalue weighted by Crippen LogP contribution is 2.25. The molecule has 1 aliphatic carbocycles. The zero-order chi connectivity index (χ0) is 13.7. The van der Waals surface area contributed by atoms with E-state index in [1.807, 2.05) is 20.9 Å². The average molecular weight is 250 g/mol. The molecule has 2 radical (unpaired) electrons. The van der Waals surface area contributed by atoms with Crippen LogP contribution in [0.15, 0.2) is 0 Å². The first kappa shape index (κ1) is 15.2. The monoisotopic (exact) mass is 250 g/mol. The van der Waals surface area contributed by atoms with Gasteiger partial charge in [0.1, 0.15) is 0 Å². The number of amides is 1. The molecule has 1 amide bonds. The molecule has 2 unspecified atom stereocenters. The molecule has 18 heavy (non-hydrogen) atoms. The number of hydrogen-bond donors (Lipinski definition) is 1. The lowest BCUT2D eigenvalue weighted by molar-refractivity contribution is -0.137. The standard InChI is InChI=1S/C13H23BN2O2/c1-9(2)12(17)8-16(13(18)7-14)11-6-4-5-10(11)15-3/h9-11,15H,4-8H2,1-3H3. The summed E-state index contributed by atoms with van der Waals surface area (Å²) in [6, 6.07) is 0.384. The lowest BCUT2D eigenvalue weighted by Gasteiger charge is -2.33. The lowest BCUT2D eigenvalue weighted by Crippen LogP contribution is -2.50. The number of carbonyl (C=O) groups is 2. The molecule has 0 heterocycles. The number of nitrogens with zero attached hydrogens (tertiary/aromatic N) is 1. The summed E-state index contributed by atoms with van der Waals surface area (Å²) in [5.74, 6) is -0.0813. The van der Waals surface area contributed by atoms with Crippen molar-refractivity contribution in [2.45, 2.75) is 51.5 Å². The van der Waals surface area contributed by atoms with Crippen LogP contribution in [0.2, 0.25) is 6.32 Å². The topological polar surface area (TPSA) is 49.4 Å². The van der Waals surface area contributed by atoms with E-state index in [1.54, 1.807) is 4.90 Å². The molecule has 0 bridgehead atoms. The second kappa shape index (κ2) is 6.93. The second-order valence-electron chi connectivity index (χ2n) is 5.24. The summed E-state index contributed by atoms with van der Waals surface area (Å²) in [5, 5.41) is 3.23. The highest BCUT2D eigenvalue weighted by Gasteiger charge is 2.34. The van der Waals surface area contributed by atoms with Crippen molar-refractivity contribution < 1.29 is 9.59 Å². The fourth-order valence-electron chi connectivity index (χ4n) is 2.51. The van der Waals surface area contributed by atoms with Gasteiger partial charge in [-0.2, -0.15) is 0 Å². The summed E-state index contributed by atoms with van der Waals surface area (Å²) in [7, 11) is 7.36. The zero-order valence-electron chi connectivity index (χ0n) is 11.6. The molecule has 0 aromatic heterocycles. The lowest BCUT2D eigenvalue weighted by atomic mass is 10.00. The minimum Gasteiger partial charge on any atom is -0.331 e. The van der Waals surface area contributed by atoms with E-state index in [0.717, 1.165) is 19.3 Å². The summed E-state index contributed by atoms with van der Waals surface area (Å²) in [6.07, 6.45) is 3.05. The first-order valence-corrected chi connectivity index (χ1v) is 6.70. The van der Waals surface area contributed by atoms with Crippen LogP contribution in [0.25, 0.3) is 0 Å². The molecule has 0 aliphatic heterocycles. The maximum absolute atomic E-state index is 11.9. The first-order valence-electron chi connectivity index (χ1n) is 6.70. The van der Waals surface area contributed by atoms with E-state index in [9.17, 15) is 9.59 Å². The molecule has 0 saturated heterocycles. The molecular weight excluding hydrogens is 227 g/mol. The van der Waals surface area contributed by atoms with Crippen LogP contribution in [0.3, 0.4) is 0 Å². The van der Waals surface area contributed by atoms with E-state index in [1.165, 1.54) is 0 Å². The van der Waals surface area contributed by atoms with Gasteiger partial charge in [0.25, 0.3) is 0 Å². The predicted octanol–water partition coefficient (Wildman–Crippen LogP) is 0.767. The van der Waals surface area contributed by atoms with Crippen molar-refractivity contribution in [3.8, 4) is 0 Å². The third-order valence-electron chi connectivity index (χ3n) is 3.72. The van der Waals surface area contributed by atoms with Crippen molar-refractivity contribution in [1.29, 1.82) is 0 Å². The molecule has 1 aliphatic rings. The van der Waals surface area contributed by atoms with E-state index >= 15 is 0 Å². The third kappa shape index (κ3) is 3.58. The van der Waals surface area contributed by atoms with E-state index in [2.05, 4.69) is 5.32 Å². The maximum Gasteiger partial charge on any atom is 0.214 e. The quantitative estimate of drug-likeness (QED) is 0.708. The van der Waals surface area contributed by atoms with Crippen LogP contribution < -0.4 is 5.32 Å². The van der Waals surface area contributed by atoms with Crippen molar-refractivity contribution in [2.75, 3.05) is 13.6 Å². The van der Waals surface area contributed by atoms with Crippen LogP contribution in [0.5, 0.6) is 0 Å². The van der Waals surface area contributed by atoms with E-state index in [-0.39, 0.29) is 42.6 Å². The Bertz CT molecular complexity index is 307. The zero-order valence-corrected chi connectivity index (χ0v) is 11.6. The summed E-state index contributed by atoms with van der Waals surface area (Å²) in [6.45, 7) is 3.91. The van der Waals surface area contributed by atoms with Crippen molar-refractivity contribution in [1.82, 2.24) is 10.2 Å². The molecule has 0 spiro atoms. The largest absolute Gasteiger partial charge is 0.331 e. The van der Waals surface area contributed by atoms with Crippen LogP contribution in [-0.4, -0.2) is 50.1 Å². The van der Waals surface area contributed by atoms with Gasteiger partial charge in [-0.05, 0) is 32.6 Å². The number of rotatable bonds is 6. The van der Waals surface area contributed by atoms with Gasteiger partial charge in [-0.1, -0.05) is 13.8 Å². The van der Waals surface area contributed by atoms with Gasteiger partial charge in [-0.25, -0.2) is 0 Å². The molecule has 0 aromatic rings. The van der Waals surface area contributed by atoms with Gasteiger partial charge in [0.05, 0.1) is 14.4 Å². The number of Topliss-reactive ketones (excluding diaryl/α,β-unsaturated/α-hetero) is 1. The van der Waals surface area contributed by atoms with Gasteiger partial charge in [0.2, 0.25) is 5.91 Å². The Kier molecular flexibility index (Phi) is 5.86. The van der Waals surface area contributed by atoms with Gasteiger partial charge in [0, 0.05) is 18.0 Å².